The molecule has 0 fully saturated rings. The number of anilines is 1. The highest BCUT2D eigenvalue weighted by atomic mass is 32.2. The summed E-state index contributed by atoms with van der Waals surface area (Å²) in [6, 6.07) is 14.6. The van der Waals surface area contributed by atoms with Crippen molar-refractivity contribution in [1.82, 2.24) is 25.9 Å². The van der Waals surface area contributed by atoms with Gasteiger partial charge < -0.3 is 10.2 Å². The smallest absolute Gasteiger partial charge is 0.270 e. The van der Waals surface area contributed by atoms with Crippen LogP contribution < -0.4 is 11.5 Å². The van der Waals surface area contributed by atoms with Gasteiger partial charge in [-0.1, -0.05) is 30.3 Å². The molecule has 0 aliphatic rings. The summed E-state index contributed by atoms with van der Waals surface area (Å²) in [6.07, 6.45) is 3.14. The van der Waals surface area contributed by atoms with Gasteiger partial charge in [-0.25, -0.2) is 9.97 Å². The van der Waals surface area contributed by atoms with Crippen molar-refractivity contribution in [2.24, 2.45) is 0 Å². The van der Waals surface area contributed by atoms with E-state index in [2.05, 4.69) is 20.2 Å². The van der Waals surface area contributed by atoms with Crippen molar-refractivity contribution in [3.05, 3.63) is 60.3 Å². The van der Waals surface area contributed by atoms with Gasteiger partial charge in [0.2, 0.25) is 5.89 Å². The zero-order valence-corrected chi connectivity index (χ0v) is 16.3. The van der Waals surface area contributed by atoms with Crippen molar-refractivity contribution in [1.29, 1.82) is 0 Å². The van der Waals surface area contributed by atoms with E-state index in [1.165, 1.54) is 6.20 Å². The van der Waals surface area contributed by atoms with E-state index < -0.39 is 10.8 Å². The van der Waals surface area contributed by atoms with Crippen LogP contribution in [0.15, 0.2) is 64.0 Å². The molecule has 8 nitrogen and oxygen atoms in total. The molecule has 2 aromatic heterocycles. The summed E-state index contributed by atoms with van der Waals surface area (Å²) in [6.45, 7) is 0.160. The van der Waals surface area contributed by atoms with Crippen LogP contribution in [0.5, 0.6) is 0 Å². The lowest BCUT2D eigenvalue weighted by molar-refractivity contribution is 0.582. The summed E-state index contributed by atoms with van der Waals surface area (Å²) in [7, 11) is -1.19. The largest absolute Gasteiger partial charge is 0.414 e. The minimum absolute atomic E-state index is 0.137. The van der Waals surface area contributed by atoms with Crippen molar-refractivity contribution in [2.45, 2.75) is 11.4 Å². The van der Waals surface area contributed by atoms with Crippen LogP contribution in [0.25, 0.3) is 34.3 Å². The number of nitrogens with zero attached hydrogens (tertiary/aromatic N) is 4. The second-order valence-corrected chi connectivity index (χ2v) is 7.58. The average molecular weight is 405 g/mol. The van der Waals surface area contributed by atoms with Gasteiger partial charge in [-0.3, -0.25) is 9.94 Å². The van der Waals surface area contributed by atoms with Crippen LogP contribution in [0, 0.1) is 0 Å². The lowest BCUT2D eigenvalue weighted by atomic mass is 10.1. The van der Waals surface area contributed by atoms with Crippen molar-refractivity contribution in [3.63, 3.8) is 0 Å². The highest BCUT2D eigenvalue weighted by Gasteiger charge is 2.18. The maximum absolute atomic E-state index is 12.1. The molecule has 4 rings (SSSR count). The Kier molecular flexibility index (Phi) is 5.15. The standard InChI is InChI=1S/C20H17N6O2S/c1-29(27)16-8-3-2-7-14(16)15-11-23-18(22)17(24-15)20-26-25-19(28-20)13-6-4-5-12(9-13)10-21/h2-9,11,21H,10H2,1H3,(H2,22,23). The Balaban J connectivity index is 1.76. The predicted octanol–water partition coefficient (Wildman–Crippen LogP) is 2.96. The number of nitrogen functional groups attached to an aromatic ring is 1. The fourth-order valence-electron chi connectivity index (χ4n) is 2.86. The van der Waals surface area contributed by atoms with Crippen LogP contribution in [0.2, 0.25) is 0 Å². The van der Waals surface area contributed by atoms with Crippen LogP contribution in [-0.4, -0.2) is 30.6 Å². The molecule has 1 unspecified atom stereocenters. The van der Waals surface area contributed by atoms with Crippen LogP contribution >= 0.6 is 0 Å². The first-order valence-electron chi connectivity index (χ1n) is 8.70. The maximum Gasteiger partial charge on any atom is 0.270 e. The molecule has 0 saturated heterocycles. The van der Waals surface area contributed by atoms with Crippen molar-refractivity contribution in [3.8, 4) is 34.3 Å². The molecule has 0 saturated carbocycles. The van der Waals surface area contributed by atoms with E-state index in [0.717, 1.165) is 5.56 Å². The zero-order valence-electron chi connectivity index (χ0n) is 15.5. The molecule has 0 amide bonds. The number of nitrogens with one attached hydrogen (secondary N) is 1. The maximum atomic E-state index is 12.1. The number of nitrogens with two attached hydrogens (primary N) is 1. The Bertz CT molecular complexity index is 1210. The molecule has 0 aliphatic carbocycles. The molecule has 1 radical (unpaired) electrons. The third-order valence-electron chi connectivity index (χ3n) is 4.28. The van der Waals surface area contributed by atoms with E-state index in [1.807, 2.05) is 42.5 Å². The summed E-state index contributed by atoms with van der Waals surface area (Å²) < 4.78 is 17.8. The molecule has 2 aromatic carbocycles. The van der Waals surface area contributed by atoms with E-state index in [1.54, 1.807) is 12.3 Å². The van der Waals surface area contributed by atoms with E-state index in [9.17, 15) is 4.21 Å². The second kappa shape index (κ2) is 7.90. The second-order valence-electron chi connectivity index (χ2n) is 6.23. The topological polar surface area (TPSA) is 132 Å². The highest BCUT2D eigenvalue weighted by Crippen LogP contribution is 2.30. The first-order chi connectivity index (χ1) is 14.1. The quantitative estimate of drug-likeness (QED) is 0.540. The normalized spacial score (nSPS) is 12.1. The Hall–Kier alpha value is -3.43. The van der Waals surface area contributed by atoms with Crippen LogP contribution in [0.1, 0.15) is 5.56 Å². The molecule has 1 atom stereocenters. The Labute approximate surface area is 169 Å². The number of rotatable bonds is 5. The van der Waals surface area contributed by atoms with Gasteiger partial charge in [-0.15, -0.1) is 10.2 Å². The molecule has 0 aliphatic heterocycles. The average Bonchev–Trinajstić information content (AvgIpc) is 3.24. The third kappa shape index (κ3) is 3.78. The lowest BCUT2D eigenvalue weighted by Gasteiger charge is -2.08. The first kappa shape index (κ1) is 18.9. The van der Waals surface area contributed by atoms with E-state index >= 15 is 0 Å². The van der Waals surface area contributed by atoms with Gasteiger partial charge in [0.25, 0.3) is 5.89 Å². The molecule has 0 spiro atoms. The molecule has 145 valence electrons. The number of hydrogen-bond donors (Lipinski definition) is 1. The van der Waals surface area contributed by atoms with E-state index in [4.69, 9.17) is 15.9 Å². The molecule has 2 heterocycles. The minimum atomic E-state index is -1.19. The van der Waals surface area contributed by atoms with Gasteiger partial charge >= 0.3 is 0 Å². The van der Waals surface area contributed by atoms with Crippen LogP contribution in [0.3, 0.4) is 0 Å². The molecular weight excluding hydrogens is 388 g/mol. The van der Waals surface area contributed by atoms with Crippen molar-refractivity contribution >= 4 is 16.6 Å². The van der Waals surface area contributed by atoms with Crippen LogP contribution in [0.4, 0.5) is 5.82 Å². The Morgan fingerprint density at radius 3 is 2.69 bits per heavy atom. The SMILES string of the molecule is CS(=O)c1ccccc1-c1cnc(N)c(-c2nnc(-c3cccc(C[NH])c3)o2)n1. The summed E-state index contributed by atoms with van der Waals surface area (Å²) >= 11 is 0. The predicted molar refractivity (Wildman–Crippen MR) is 110 cm³/mol. The zero-order chi connectivity index (χ0) is 20.4. The van der Waals surface area contributed by atoms with Gasteiger partial charge in [-0.05, 0) is 23.8 Å². The van der Waals surface area contributed by atoms with Gasteiger partial charge in [0.1, 0.15) is 0 Å². The molecule has 0 bridgehead atoms. The molecule has 29 heavy (non-hydrogen) atoms. The highest BCUT2D eigenvalue weighted by molar-refractivity contribution is 7.84. The summed E-state index contributed by atoms with van der Waals surface area (Å²) in [5.41, 5.74) is 16.5. The third-order valence-corrected chi connectivity index (χ3v) is 5.25. The van der Waals surface area contributed by atoms with E-state index in [0.29, 0.717) is 27.6 Å². The molecular formula is C20H17N6O2S. The van der Waals surface area contributed by atoms with Crippen molar-refractivity contribution < 1.29 is 8.63 Å². The van der Waals surface area contributed by atoms with Gasteiger partial charge in [0.05, 0.1) is 22.7 Å². The van der Waals surface area contributed by atoms with E-state index in [-0.39, 0.29) is 23.9 Å². The van der Waals surface area contributed by atoms with Gasteiger partial charge in [-0.2, -0.15) is 0 Å². The number of aromatic nitrogens is 4. The number of benzene rings is 2. The molecule has 4 aromatic rings. The number of hydrogen-bond acceptors (Lipinski definition) is 7. The molecule has 3 N–H and O–H groups in total. The summed E-state index contributed by atoms with van der Waals surface area (Å²) in [5.74, 6) is 0.592. The molecule has 9 heteroatoms. The fourth-order valence-corrected chi connectivity index (χ4v) is 3.62. The van der Waals surface area contributed by atoms with Gasteiger partial charge in [0, 0.05) is 28.8 Å². The van der Waals surface area contributed by atoms with Gasteiger partial charge in [0.15, 0.2) is 11.5 Å². The Morgan fingerprint density at radius 1 is 1.10 bits per heavy atom. The monoisotopic (exact) mass is 405 g/mol. The van der Waals surface area contributed by atoms with Crippen LogP contribution in [-0.2, 0) is 17.3 Å². The summed E-state index contributed by atoms with van der Waals surface area (Å²) in [4.78, 5) is 9.40. The lowest BCUT2D eigenvalue weighted by Crippen LogP contribution is -2.01. The minimum Gasteiger partial charge on any atom is -0.414 e. The Morgan fingerprint density at radius 2 is 1.90 bits per heavy atom. The van der Waals surface area contributed by atoms with Crippen molar-refractivity contribution in [2.75, 3.05) is 12.0 Å². The first-order valence-corrected chi connectivity index (χ1v) is 10.3. The fraction of sp³-hybridized carbons (Fsp3) is 0.100. The summed E-state index contributed by atoms with van der Waals surface area (Å²) in [5, 5.41) is 8.14.